The van der Waals surface area contributed by atoms with Crippen molar-refractivity contribution in [1.82, 2.24) is 4.90 Å². The van der Waals surface area contributed by atoms with E-state index in [2.05, 4.69) is 0 Å². The maximum absolute atomic E-state index is 11.5. The third kappa shape index (κ3) is 1.24. The van der Waals surface area contributed by atoms with E-state index in [4.69, 9.17) is 0 Å². The van der Waals surface area contributed by atoms with Crippen molar-refractivity contribution in [3.8, 4) is 0 Å². The zero-order valence-electron chi connectivity index (χ0n) is 7.89. The van der Waals surface area contributed by atoms with Crippen LogP contribution in [0.4, 0.5) is 0 Å². The second kappa shape index (κ2) is 2.88. The van der Waals surface area contributed by atoms with Gasteiger partial charge in [0.1, 0.15) is 0 Å². The predicted octanol–water partition coefficient (Wildman–Crippen LogP) is 1.18. The maximum Gasteiger partial charge on any atom is 0.235 e. The molecule has 0 N–H and O–H groups in total. The quantitative estimate of drug-likeness (QED) is 0.582. The fourth-order valence-electron chi connectivity index (χ4n) is 1.79. The SMILES string of the molecule is CCC[C@]1(C)CC(=O)N(C)C1=O. The normalized spacial score (nSPS) is 30.1. The number of nitrogens with zero attached hydrogens (tertiary/aromatic N) is 1. The van der Waals surface area contributed by atoms with Crippen molar-refractivity contribution in [3.63, 3.8) is 0 Å². The first-order valence-corrected chi connectivity index (χ1v) is 4.32. The molecule has 2 amide bonds. The van der Waals surface area contributed by atoms with Crippen molar-refractivity contribution in [2.75, 3.05) is 7.05 Å². The second-order valence-corrected chi connectivity index (χ2v) is 3.75. The smallest absolute Gasteiger partial charge is 0.235 e. The summed E-state index contributed by atoms with van der Waals surface area (Å²) in [5, 5.41) is 0. The minimum Gasteiger partial charge on any atom is -0.285 e. The molecule has 1 heterocycles. The van der Waals surface area contributed by atoms with Gasteiger partial charge in [-0.05, 0) is 6.42 Å². The number of likely N-dealkylation sites (tertiary alicyclic amines) is 1. The number of carbonyl (C=O) groups excluding carboxylic acids is 2. The Bertz CT molecular complexity index is 225. The van der Waals surface area contributed by atoms with Gasteiger partial charge in [-0.15, -0.1) is 0 Å². The molecule has 1 rings (SSSR count). The molecule has 0 aromatic carbocycles. The third-order valence-electron chi connectivity index (χ3n) is 2.54. The summed E-state index contributed by atoms with van der Waals surface area (Å²) in [6.07, 6.45) is 2.14. The number of imide groups is 1. The number of hydrogen-bond donors (Lipinski definition) is 0. The van der Waals surface area contributed by atoms with Gasteiger partial charge in [-0.2, -0.15) is 0 Å². The minimum atomic E-state index is -0.416. The van der Waals surface area contributed by atoms with E-state index in [-0.39, 0.29) is 11.8 Å². The van der Waals surface area contributed by atoms with Gasteiger partial charge < -0.3 is 0 Å². The summed E-state index contributed by atoms with van der Waals surface area (Å²) in [5.41, 5.74) is -0.416. The first kappa shape index (κ1) is 9.23. The first-order valence-electron chi connectivity index (χ1n) is 4.32. The van der Waals surface area contributed by atoms with E-state index in [1.54, 1.807) is 7.05 Å². The van der Waals surface area contributed by atoms with Gasteiger partial charge in [-0.3, -0.25) is 14.5 Å². The summed E-state index contributed by atoms with van der Waals surface area (Å²) < 4.78 is 0. The molecular formula is C9H15NO2. The lowest BCUT2D eigenvalue weighted by Crippen LogP contribution is -2.30. The molecule has 0 radical (unpaired) electrons. The highest BCUT2D eigenvalue weighted by Gasteiger charge is 2.45. The van der Waals surface area contributed by atoms with E-state index in [0.717, 1.165) is 12.8 Å². The van der Waals surface area contributed by atoms with Crippen LogP contribution in [0.2, 0.25) is 0 Å². The molecule has 68 valence electrons. The summed E-state index contributed by atoms with van der Waals surface area (Å²) in [4.78, 5) is 24.0. The Morgan fingerprint density at radius 3 is 2.42 bits per heavy atom. The molecule has 1 aliphatic rings. The Balaban J connectivity index is 2.82. The van der Waals surface area contributed by atoms with E-state index in [0.29, 0.717) is 6.42 Å². The molecule has 12 heavy (non-hydrogen) atoms. The molecule has 1 aliphatic heterocycles. The molecule has 3 nitrogen and oxygen atoms in total. The van der Waals surface area contributed by atoms with Gasteiger partial charge in [-0.25, -0.2) is 0 Å². The van der Waals surface area contributed by atoms with Crippen LogP contribution < -0.4 is 0 Å². The van der Waals surface area contributed by atoms with Gasteiger partial charge in [0.15, 0.2) is 0 Å². The molecule has 3 heteroatoms. The van der Waals surface area contributed by atoms with E-state index < -0.39 is 5.41 Å². The summed E-state index contributed by atoms with van der Waals surface area (Å²) in [5.74, 6) is -0.0645. The monoisotopic (exact) mass is 169 g/mol. The number of rotatable bonds is 2. The third-order valence-corrected chi connectivity index (χ3v) is 2.54. The largest absolute Gasteiger partial charge is 0.285 e. The molecule has 0 aromatic rings. The molecule has 1 atom stereocenters. The van der Waals surface area contributed by atoms with Crippen molar-refractivity contribution < 1.29 is 9.59 Å². The average molecular weight is 169 g/mol. The van der Waals surface area contributed by atoms with Crippen LogP contribution in [0, 0.1) is 5.41 Å². The number of hydrogen-bond acceptors (Lipinski definition) is 2. The molecule has 1 saturated heterocycles. The highest BCUT2D eigenvalue weighted by molar-refractivity contribution is 6.05. The molecule has 0 bridgehead atoms. The Morgan fingerprint density at radius 1 is 1.50 bits per heavy atom. The summed E-state index contributed by atoms with van der Waals surface area (Å²) >= 11 is 0. The lowest BCUT2D eigenvalue weighted by Gasteiger charge is -2.19. The van der Waals surface area contributed by atoms with Crippen LogP contribution >= 0.6 is 0 Å². The van der Waals surface area contributed by atoms with Gasteiger partial charge in [0.25, 0.3) is 0 Å². The van der Waals surface area contributed by atoms with Crippen LogP contribution in [0.5, 0.6) is 0 Å². The van der Waals surface area contributed by atoms with Crippen LogP contribution in [-0.2, 0) is 9.59 Å². The fraction of sp³-hybridized carbons (Fsp3) is 0.778. The Morgan fingerprint density at radius 2 is 2.08 bits per heavy atom. The van der Waals surface area contributed by atoms with Gasteiger partial charge in [-0.1, -0.05) is 20.3 Å². The molecule has 1 fully saturated rings. The van der Waals surface area contributed by atoms with E-state index in [1.165, 1.54) is 4.90 Å². The van der Waals surface area contributed by atoms with Gasteiger partial charge >= 0.3 is 0 Å². The van der Waals surface area contributed by atoms with Crippen molar-refractivity contribution in [1.29, 1.82) is 0 Å². The molecule has 0 saturated carbocycles. The van der Waals surface area contributed by atoms with Crippen LogP contribution in [0.25, 0.3) is 0 Å². The van der Waals surface area contributed by atoms with Crippen molar-refractivity contribution in [2.45, 2.75) is 33.1 Å². The lowest BCUT2D eigenvalue weighted by molar-refractivity contribution is -0.139. The first-order chi connectivity index (χ1) is 5.51. The summed E-state index contributed by atoms with van der Waals surface area (Å²) in [6, 6.07) is 0. The Labute approximate surface area is 72.7 Å². The standard InChI is InChI=1S/C9H15NO2/c1-4-5-9(2)6-7(11)10(3)8(9)12/h4-6H2,1-3H3/t9-/m1/s1. The molecule has 0 spiro atoms. The number of amides is 2. The molecule has 0 unspecified atom stereocenters. The Hall–Kier alpha value is -0.860. The second-order valence-electron chi connectivity index (χ2n) is 3.75. The highest BCUT2D eigenvalue weighted by Crippen LogP contribution is 2.35. The molecular weight excluding hydrogens is 154 g/mol. The lowest BCUT2D eigenvalue weighted by atomic mass is 9.84. The zero-order valence-corrected chi connectivity index (χ0v) is 7.89. The topological polar surface area (TPSA) is 37.4 Å². The van der Waals surface area contributed by atoms with Crippen molar-refractivity contribution in [3.05, 3.63) is 0 Å². The van der Waals surface area contributed by atoms with Gasteiger partial charge in [0, 0.05) is 13.5 Å². The maximum atomic E-state index is 11.5. The average Bonchev–Trinajstić information content (AvgIpc) is 2.17. The summed E-state index contributed by atoms with van der Waals surface area (Å²) in [6.45, 7) is 3.90. The van der Waals surface area contributed by atoms with E-state index >= 15 is 0 Å². The Kier molecular flexibility index (Phi) is 2.22. The van der Waals surface area contributed by atoms with Crippen LogP contribution in [0.1, 0.15) is 33.1 Å². The van der Waals surface area contributed by atoms with Gasteiger partial charge in [0.2, 0.25) is 11.8 Å². The van der Waals surface area contributed by atoms with Crippen LogP contribution in [-0.4, -0.2) is 23.8 Å². The van der Waals surface area contributed by atoms with E-state index in [1.807, 2.05) is 13.8 Å². The van der Waals surface area contributed by atoms with Crippen LogP contribution in [0.3, 0.4) is 0 Å². The predicted molar refractivity (Wildman–Crippen MR) is 45.4 cm³/mol. The zero-order chi connectivity index (χ0) is 9.35. The van der Waals surface area contributed by atoms with Crippen molar-refractivity contribution in [2.24, 2.45) is 5.41 Å². The molecule has 0 aliphatic carbocycles. The molecule has 0 aromatic heterocycles. The van der Waals surface area contributed by atoms with Gasteiger partial charge in [0.05, 0.1) is 5.41 Å². The minimum absolute atomic E-state index is 0.0191. The fourth-order valence-corrected chi connectivity index (χ4v) is 1.79. The highest BCUT2D eigenvalue weighted by atomic mass is 16.2. The van der Waals surface area contributed by atoms with Crippen molar-refractivity contribution >= 4 is 11.8 Å². The van der Waals surface area contributed by atoms with E-state index in [9.17, 15) is 9.59 Å². The van der Waals surface area contributed by atoms with Crippen LogP contribution in [0.15, 0.2) is 0 Å². The summed E-state index contributed by atoms with van der Waals surface area (Å²) in [7, 11) is 1.56. The number of carbonyl (C=O) groups is 2.